The van der Waals surface area contributed by atoms with Gasteiger partial charge in [0.15, 0.2) is 0 Å². The Bertz CT molecular complexity index is 392. The average Bonchev–Trinajstić information content (AvgIpc) is 2.37. The summed E-state index contributed by atoms with van der Waals surface area (Å²) < 4.78 is 0. The molecule has 106 valence electrons. The van der Waals surface area contributed by atoms with Gasteiger partial charge in [0, 0.05) is 25.9 Å². The smallest absolute Gasteiger partial charge is 0.326 e. The maximum Gasteiger partial charge on any atom is 0.326 e. The summed E-state index contributed by atoms with van der Waals surface area (Å²) >= 11 is 0. The lowest BCUT2D eigenvalue weighted by Crippen LogP contribution is -2.47. The number of likely N-dealkylation sites (tertiary alicyclic amines) is 1. The van der Waals surface area contributed by atoms with E-state index in [1.165, 1.54) is 0 Å². The van der Waals surface area contributed by atoms with Crippen LogP contribution in [-0.4, -0.2) is 47.4 Å². The Morgan fingerprint density at radius 2 is 2.26 bits per heavy atom. The molecule has 1 aliphatic heterocycles. The van der Waals surface area contributed by atoms with Gasteiger partial charge < -0.3 is 15.3 Å². The number of carbonyl (C=O) groups is 3. The van der Waals surface area contributed by atoms with Gasteiger partial charge in [0.25, 0.3) is 0 Å². The highest BCUT2D eigenvalue weighted by molar-refractivity contribution is 5.89. The summed E-state index contributed by atoms with van der Waals surface area (Å²) in [7, 11) is 1.70. The molecule has 2 amide bonds. The third-order valence-electron chi connectivity index (χ3n) is 3.25. The summed E-state index contributed by atoms with van der Waals surface area (Å²) in [5.74, 6) is -1.91. The van der Waals surface area contributed by atoms with Gasteiger partial charge in [-0.25, -0.2) is 4.79 Å². The Kier molecular flexibility index (Phi) is 5.54. The molecule has 1 rings (SSSR count). The lowest BCUT2D eigenvalue weighted by Gasteiger charge is -2.28. The van der Waals surface area contributed by atoms with Gasteiger partial charge in [-0.15, -0.1) is 0 Å². The van der Waals surface area contributed by atoms with Crippen molar-refractivity contribution < 1.29 is 19.5 Å². The van der Waals surface area contributed by atoms with Crippen LogP contribution in [0, 0.1) is 5.92 Å². The summed E-state index contributed by atoms with van der Waals surface area (Å²) in [5, 5.41) is 11.5. The van der Waals surface area contributed by atoms with Crippen molar-refractivity contribution in [2.75, 3.05) is 13.6 Å². The van der Waals surface area contributed by atoms with Crippen LogP contribution in [0.3, 0.4) is 0 Å². The third kappa shape index (κ3) is 4.39. The Balaban J connectivity index is 2.57. The highest BCUT2D eigenvalue weighted by Gasteiger charge is 2.30. The molecule has 0 aromatic carbocycles. The molecule has 0 aliphatic carbocycles. The second-order valence-electron chi connectivity index (χ2n) is 4.71. The van der Waals surface area contributed by atoms with Crippen LogP contribution >= 0.6 is 0 Å². The normalized spacial score (nSPS) is 21.5. The van der Waals surface area contributed by atoms with Gasteiger partial charge in [0.2, 0.25) is 11.8 Å². The predicted octanol–water partition coefficient (Wildman–Crippen LogP) is 0.390. The molecule has 6 heteroatoms. The molecule has 0 aromatic heterocycles. The number of carbonyl (C=O) groups excluding carboxylic acids is 2. The van der Waals surface area contributed by atoms with Gasteiger partial charge >= 0.3 is 5.97 Å². The van der Waals surface area contributed by atoms with Crippen molar-refractivity contribution in [2.45, 2.75) is 32.2 Å². The minimum Gasteiger partial charge on any atom is -0.480 e. The molecule has 0 spiro atoms. The minimum atomic E-state index is -1.06. The van der Waals surface area contributed by atoms with Crippen LogP contribution in [0.2, 0.25) is 0 Å². The summed E-state index contributed by atoms with van der Waals surface area (Å²) in [6.45, 7) is 2.32. The monoisotopic (exact) mass is 268 g/mol. The van der Waals surface area contributed by atoms with Crippen LogP contribution in [0.25, 0.3) is 0 Å². The summed E-state index contributed by atoms with van der Waals surface area (Å²) in [5.41, 5.74) is 0. The molecular weight excluding hydrogens is 248 g/mol. The van der Waals surface area contributed by atoms with Gasteiger partial charge in [-0.05, 0) is 19.8 Å². The van der Waals surface area contributed by atoms with Crippen molar-refractivity contribution in [1.29, 1.82) is 0 Å². The number of carboxylic acids is 1. The van der Waals surface area contributed by atoms with E-state index in [0.29, 0.717) is 13.0 Å². The SMILES string of the molecule is C/C=C/CC(NC(=O)C1CCN(C)C(=O)C1)C(=O)O. The van der Waals surface area contributed by atoms with Gasteiger partial charge in [0.05, 0.1) is 0 Å². The molecular formula is C13H20N2O4. The number of aliphatic carboxylic acids is 1. The van der Waals surface area contributed by atoms with Crippen molar-refractivity contribution in [2.24, 2.45) is 5.92 Å². The number of amides is 2. The van der Waals surface area contributed by atoms with Crippen LogP contribution in [0.5, 0.6) is 0 Å². The van der Waals surface area contributed by atoms with Crippen LogP contribution < -0.4 is 5.32 Å². The Labute approximate surface area is 112 Å². The quantitative estimate of drug-likeness (QED) is 0.706. The zero-order chi connectivity index (χ0) is 14.4. The average molecular weight is 268 g/mol. The van der Waals surface area contributed by atoms with Gasteiger partial charge in [0.1, 0.15) is 6.04 Å². The molecule has 0 saturated carbocycles. The van der Waals surface area contributed by atoms with Crippen molar-refractivity contribution in [1.82, 2.24) is 10.2 Å². The largest absolute Gasteiger partial charge is 0.480 e. The zero-order valence-electron chi connectivity index (χ0n) is 11.3. The van der Waals surface area contributed by atoms with Crippen LogP contribution in [0.15, 0.2) is 12.2 Å². The third-order valence-corrected chi connectivity index (χ3v) is 3.25. The van der Waals surface area contributed by atoms with Crippen molar-refractivity contribution in [3.63, 3.8) is 0 Å². The zero-order valence-corrected chi connectivity index (χ0v) is 11.3. The van der Waals surface area contributed by atoms with E-state index in [9.17, 15) is 14.4 Å². The Morgan fingerprint density at radius 1 is 1.58 bits per heavy atom. The molecule has 1 saturated heterocycles. The van der Waals surface area contributed by atoms with E-state index in [1.54, 1.807) is 31.0 Å². The standard InChI is InChI=1S/C13H20N2O4/c1-3-4-5-10(13(18)19)14-12(17)9-6-7-15(2)11(16)8-9/h3-4,9-10H,5-8H2,1-2H3,(H,14,17)(H,18,19)/b4-3+. The first-order valence-corrected chi connectivity index (χ1v) is 6.34. The molecule has 2 atom stereocenters. The number of nitrogens with one attached hydrogen (secondary N) is 1. The molecule has 19 heavy (non-hydrogen) atoms. The topological polar surface area (TPSA) is 86.7 Å². The van der Waals surface area contributed by atoms with E-state index in [1.807, 2.05) is 0 Å². The molecule has 0 radical (unpaired) electrons. The Morgan fingerprint density at radius 3 is 2.79 bits per heavy atom. The molecule has 1 aliphatic rings. The first-order chi connectivity index (χ1) is 8.95. The molecule has 2 unspecified atom stereocenters. The maximum absolute atomic E-state index is 12.0. The lowest BCUT2D eigenvalue weighted by molar-refractivity contribution is -0.144. The fourth-order valence-electron chi connectivity index (χ4n) is 1.95. The summed E-state index contributed by atoms with van der Waals surface area (Å²) in [4.78, 5) is 36.1. The molecule has 1 heterocycles. The van der Waals surface area contributed by atoms with Crippen molar-refractivity contribution in [3.05, 3.63) is 12.2 Å². The van der Waals surface area contributed by atoms with Gasteiger partial charge in [-0.2, -0.15) is 0 Å². The first-order valence-electron chi connectivity index (χ1n) is 6.34. The van der Waals surface area contributed by atoms with E-state index in [0.717, 1.165) is 0 Å². The van der Waals surface area contributed by atoms with Crippen LogP contribution in [-0.2, 0) is 14.4 Å². The highest BCUT2D eigenvalue weighted by Crippen LogP contribution is 2.17. The number of rotatable bonds is 5. The van der Waals surface area contributed by atoms with Crippen molar-refractivity contribution >= 4 is 17.8 Å². The second-order valence-corrected chi connectivity index (χ2v) is 4.71. The second kappa shape index (κ2) is 6.92. The van der Waals surface area contributed by atoms with Gasteiger partial charge in [-0.3, -0.25) is 9.59 Å². The molecule has 0 aromatic rings. The highest BCUT2D eigenvalue weighted by atomic mass is 16.4. The minimum absolute atomic E-state index is 0.0771. The number of carboxylic acid groups (broad SMARTS) is 1. The van der Waals surface area contributed by atoms with E-state index in [-0.39, 0.29) is 24.7 Å². The fourth-order valence-corrected chi connectivity index (χ4v) is 1.95. The molecule has 2 N–H and O–H groups in total. The molecule has 0 bridgehead atoms. The number of allylic oxidation sites excluding steroid dienone is 1. The summed E-state index contributed by atoms with van der Waals surface area (Å²) in [6, 6.07) is -0.932. The number of piperidine rings is 1. The number of nitrogens with zero attached hydrogens (tertiary/aromatic N) is 1. The molecule has 6 nitrogen and oxygen atoms in total. The van der Waals surface area contributed by atoms with E-state index in [2.05, 4.69) is 5.32 Å². The maximum atomic E-state index is 12.0. The van der Waals surface area contributed by atoms with E-state index >= 15 is 0 Å². The number of hydrogen-bond acceptors (Lipinski definition) is 3. The fraction of sp³-hybridized carbons (Fsp3) is 0.615. The Hall–Kier alpha value is -1.85. The van der Waals surface area contributed by atoms with E-state index in [4.69, 9.17) is 5.11 Å². The van der Waals surface area contributed by atoms with E-state index < -0.39 is 17.9 Å². The number of hydrogen-bond donors (Lipinski definition) is 2. The summed E-state index contributed by atoms with van der Waals surface area (Å²) in [6.07, 6.45) is 4.40. The van der Waals surface area contributed by atoms with Crippen molar-refractivity contribution in [3.8, 4) is 0 Å². The van der Waals surface area contributed by atoms with Crippen LogP contribution in [0.4, 0.5) is 0 Å². The lowest BCUT2D eigenvalue weighted by atomic mass is 9.95. The predicted molar refractivity (Wildman–Crippen MR) is 69.4 cm³/mol. The first kappa shape index (κ1) is 15.2. The van der Waals surface area contributed by atoms with Gasteiger partial charge in [-0.1, -0.05) is 12.2 Å². The molecule has 1 fully saturated rings. The van der Waals surface area contributed by atoms with Crippen LogP contribution in [0.1, 0.15) is 26.2 Å².